The molecule has 8 heteroatoms. The van der Waals surface area contributed by atoms with Crippen LogP contribution in [0.5, 0.6) is 0 Å². The minimum absolute atomic E-state index is 0.181. The summed E-state index contributed by atoms with van der Waals surface area (Å²) in [5, 5.41) is 3.71. The Morgan fingerprint density at radius 2 is 2.07 bits per heavy atom. The van der Waals surface area contributed by atoms with Gasteiger partial charge >= 0.3 is 0 Å². The molecule has 3 aromatic rings. The van der Waals surface area contributed by atoms with Gasteiger partial charge in [0, 0.05) is 24.8 Å². The zero-order valence-corrected chi connectivity index (χ0v) is 16.1. The summed E-state index contributed by atoms with van der Waals surface area (Å²) in [7, 11) is 0. The van der Waals surface area contributed by atoms with Gasteiger partial charge in [-0.05, 0) is 37.6 Å². The molecule has 1 aromatic carbocycles. The fourth-order valence-corrected chi connectivity index (χ4v) is 4.44. The highest BCUT2D eigenvalue weighted by Crippen LogP contribution is 2.44. The minimum atomic E-state index is -1.13. The Kier molecular flexibility index (Phi) is 3.68. The third kappa shape index (κ3) is 2.31. The van der Waals surface area contributed by atoms with E-state index in [0.717, 1.165) is 0 Å². The maximum Gasteiger partial charge on any atom is 0.272 e. The van der Waals surface area contributed by atoms with E-state index in [0.29, 0.717) is 47.8 Å². The summed E-state index contributed by atoms with van der Waals surface area (Å²) < 4.78 is 21.4. The number of carbonyl (C=O) groups is 2. The lowest BCUT2D eigenvalue weighted by molar-refractivity contribution is -0.00614. The maximum absolute atomic E-state index is 14.5. The maximum atomic E-state index is 14.5. The number of halogens is 1. The van der Waals surface area contributed by atoms with E-state index < -0.39 is 5.66 Å². The van der Waals surface area contributed by atoms with Crippen LogP contribution in [0.4, 0.5) is 4.39 Å². The minimum Gasteiger partial charge on any atom is -0.361 e. The highest BCUT2D eigenvalue weighted by atomic mass is 19.1. The number of fused-ring (bicyclic) bond motifs is 2. The number of rotatable bonds is 2. The number of aryl methyl sites for hydroxylation is 2. The molecule has 148 valence electrons. The predicted molar refractivity (Wildman–Crippen MR) is 101 cm³/mol. The van der Waals surface area contributed by atoms with Crippen LogP contribution in [0.3, 0.4) is 0 Å². The summed E-state index contributed by atoms with van der Waals surface area (Å²) in [4.78, 5) is 30.0. The van der Waals surface area contributed by atoms with E-state index in [1.807, 2.05) is 10.8 Å². The molecule has 0 spiro atoms. The molecule has 2 amide bonds. The van der Waals surface area contributed by atoms with Crippen LogP contribution in [0.2, 0.25) is 0 Å². The van der Waals surface area contributed by atoms with Gasteiger partial charge < -0.3 is 18.9 Å². The van der Waals surface area contributed by atoms with Crippen molar-refractivity contribution in [1.29, 1.82) is 0 Å². The lowest BCUT2D eigenvalue weighted by atomic mass is 9.92. The van der Waals surface area contributed by atoms with Crippen LogP contribution in [0, 0.1) is 19.7 Å². The molecule has 0 radical (unpaired) electrons. The summed E-state index contributed by atoms with van der Waals surface area (Å²) in [6.45, 7) is 4.36. The molecule has 0 aliphatic carbocycles. The molecule has 2 aliphatic rings. The molecule has 1 saturated heterocycles. The topological polar surface area (TPSA) is 71.6 Å². The first kappa shape index (κ1) is 17.7. The first-order chi connectivity index (χ1) is 13.9. The number of amides is 2. The van der Waals surface area contributed by atoms with Gasteiger partial charge in [0.2, 0.25) is 0 Å². The molecule has 0 saturated carbocycles. The van der Waals surface area contributed by atoms with Crippen molar-refractivity contribution in [2.24, 2.45) is 0 Å². The van der Waals surface area contributed by atoms with Crippen molar-refractivity contribution in [2.75, 3.05) is 13.1 Å². The van der Waals surface area contributed by atoms with Gasteiger partial charge in [0.1, 0.15) is 22.8 Å². The van der Waals surface area contributed by atoms with Crippen LogP contribution < -0.4 is 0 Å². The van der Waals surface area contributed by atoms with Crippen molar-refractivity contribution in [3.8, 4) is 0 Å². The van der Waals surface area contributed by atoms with Crippen molar-refractivity contribution in [2.45, 2.75) is 26.1 Å². The number of aromatic nitrogens is 2. The van der Waals surface area contributed by atoms with Crippen molar-refractivity contribution in [3.05, 3.63) is 76.7 Å². The molecular formula is C21H19FN4O3. The first-order valence-corrected chi connectivity index (χ1v) is 9.40. The standard InChI is InChI=1S/C21H19FN4O3/c1-13-5-6-15(10-17(13)22)21-12-24-7-3-4-18(24)20(28)26(21)9-8-25(21)19(27)16-11-23-29-14(16)2/h3-7,10-11H,8-9,12H2,1-2H3. The summed E-state index contributed by atoms with van der Waals surface area (Å²) >= 11 is 0. The van der Waals surface area contributed by atoms with Gasteiger partial charge in [-0.3, -0.25) is 9.59 Å². The summed E-state index contributed by atoms with van der Waals surface area (Å²) in [6.07, 6.45) is 3.19. The highest BCUT2D eigenvalue weighted by Gasteiger charge is 2.56. The quantitative estimate of drug-likeness (QED) is 0.670. The van der Waals surface area contributed by atoms with Gasteiger partial charge in [0.05, 0.1) is 12.7 Å². The second-order valence-electron chi connectivity index (χ2n) is 7.51. The van der Waals surface area contributed by atoms with E-state index in [1.54, 1.807) is 47.9 Å². The van der Waals surface area contributed by atoms with E-state index in [1.165, 1.54) is 12.3 Å². The Balaban J connectivity index is 1.72. The molecule has 2 aromatic heterocycles. The van der Waals surface area contributed by atoms with Crippen LogP contribution in [0.25, 0.3) is 0 Å². The molecule has 29 heavy (non-hydrogen) atoms. The van der Waals surface area contributed by atoms with Crippen LogP contribution in [0.15, 0.2) is 47.2 Å². The number of hydrogen-bond donors (Lipinski definition) is 0. The van der Waals surface area contributed by atoms with E-state index >= 15 is 0 Å². The fraction of sp³-hybridized carbons (Fsp3) is 0.286. The van der Waals surface area contributed by atoms with Crippen molar-refractivity contribution < 1.29 is 18.5 Å². The Labute approximate surface area is 166 Å². The van der Waals surface area contributed by atoms with Gasteiger partial charge in [-0.1, -0.05) is 17.3 Å². The molecular weight excluding hydrogens is 375 g/mol. The molecule has 0 bridgehead atoms. The van der Waals surface area contributed by atoms with Gasteiger partial charge in [0.25, 0.3) is 11.8 Å². The lowest BCUT2D eigenvalue weighted by Crippen LogP contribution is -2.60. The molecule has 1 unspecified atom stereocenters. The Bertz CT molecular complexity index is 1150. The molecule has 1 fully saturated rings. The Hall–Kier alpha value is -3.42. The zero-order chi connectivity index (χ0) is 20.3. The lowest BCUT2D eigenvalue weighted by Gasteiger charge is -2.47. The van der Waals surface area contributed by atoms with Crippen LogP contribution in [-0.2, 0) is 12.2 Å². The second-order valence-corrected chi connectivity index (χ2v) is 7.51. The number of carbonyl (C=O) groups excluding carboxylic acids is 2. The van der Waals surface area contributed by atoms with Gasteiger partial charge in [-0.15, -0.1) is 0 Å². The average Bonchev–Trinajstić information content (AvgIpc) is 3.42. The molecule has 5 rings (SSSR count). The molecule has 1 atom stereocenters. The van der Waals surface area contributed by atoms with E-state index in [4.69, 9.17) is 4.52 Å². The Morgan fingerprint density at radius 1 is 1.24 bits per heavy atom. The largest absolute Gasteiger partial charge is 0.361 e. The molecule has 2 aliphatic heterocycles. The predicted octanol–water partition coefficient (Wildman–Crippen LogP) is 2.70. The SMILES string of the molecule is Cc1ccc(C23Cn4cccc4C(=O)N2CCN3C(=O)c2cnoc2C)cc1F. The third-order valence-electron chi connectivity index (χ3n) is 5.99. The first-order valence-electron chi connectivity index (χ1n) is 9.40. The van der Waals surface area contributed by atoms with Crippen LogP contribution >= 0.6 is 0 Å². The fourth-order valence-electron chi connectivity index (χ4n) is 4.44. The molecule has 7 nitrogen and oxygen atoms in total. The summed E-state index contributed by atoms with van der Waals surface area (Å²) in [6, 6.07) is 8.46. The van der Waals surface area contributed by atoms with Crippen molar-refractivity contribution in [1.82, 2.24) is 19.5 Å². The summed E-state index contributed by atoms with van der Waals surface area (Å²) in [5.74, 6) is -0.444. The summed E-state index contributed by atoms with van der Waals surface area (Å²) in [5.41, 5.74) is 0.839. The number of nitrogens with zero attached hydrogens (tertiary/aromatic N) is 4. The van der Waals surface area contributed by atoms with Crippen LogP contribution in [-0.4, -0.2) is 44.4 Å². The van der Waals surface area contributed by atoms with E-state index in [2.05, 4.69) is 5.16 Å². The van der Waals surface area contributed by atoms with E-state index in [-0.39, 0.29) is 17.6 Å². The molecule has 0 N–H and O–H groups in total. The Morgan fingerprint density at radius 3 is 2.79 bits per heavy atom. The monoisotopic (exact) mass is 394 g/mol. The van der Waals surface area contributed by atoms with Gasteiger partial charge in [0.15, 0.2) is 5.66 Å². The van der Waals surface area contributed by atoms with Crippen molar-refractivity contribution in [3.63, 3.8) is 0 Å². The second kappa shape index (κ2) is 6.04. The average molecular weight is 394 g/mol. The zero-order valence-electron chi connectivity index (χ0n) is 16.1. The highest BCUT2D eigenvalue weighted by molar-refractivity contribution is 5.98. The van der Waals surface area contributed by atoms with Gasteiger partial charge in [-0.25, -0.2) is 4.39 Å². The number of hydrogen-bond acceptors (Lipinski definition) is 4. The van der Waals surface area contributed by atoms with Crippen molar-refractivity contribution >= 4 is 11.8 Å². The number of benzene rings is 1. The molecule has 4 heterocycles. The smallest absolute Gasteiger partial charge is 0.272 e. The normalized spacial score (nSPS) is 20.7. The third-order valence-corrected chi connectivity index (χ3v) is 5.99. The van der Waals surface area contributed by atoms with Crippen LogP contribution in [0.1, 0.15) is 37.7 Å². The van der Waals surface area contributed by atoms with Gasteiger partial charge in [-0.2, -0.15) is 0 Å². The van der Waals surface area contributed by atoms with E-state index in [9.17, 15) is 14.0 Å².